The Kier molecular flexibility index (Phi) is 3.11. The number of halogens is 3. The Labute approximate surface area is 137 Å². The third-order valence-electron chi connectivity index (χ3n) is 3.92. The number of amides is 2. The Morgan fingerprint density at radius 1 is 1.12 bits per heavy atom. The number of hydrogen-bond acceptors (Lipinski definition) is 3. The molecule has 4 rings (SSSR count). The summed E-state index contributed by atoms with van der Waals surface area (Å²) in [7, 11) is 0. The van der Waals surface area contributed by atoms with E-state index in [4.69, 9.17) is 0 Å². The van der Waals surface area contributed by atoms with Crippen LogP contribution >= 0.6 is 0 Å². The van der Waals surface area contributed by atoms with Crippen LogP contribution in [0.4, 0.5) is 23.7 Å². The molecular formula is C15H10F3N5O2. The van der Waals surface area contributed by atoms with Crippen molar-refractivity contribution in [3.8, 4) is 0 Å². The fourth-order valence-corrected chi connectivity index (χ4v) is 2.90. The fraction of sp³-hybridized carbons (Fsp3) is 0.133. The number of rotatable bonds is 1. The van der Waals surface area contributed by atoms with Crippen LogP contribution in [0.1, 0.15) is 5.56 Å². The fourth-order valence-electron chi connectivity index (χ4n) is 2.90. The molecule has 0 unspecified atom stereocenters. The molecule has 1 aliphatic rings. The summed E-state index contributed by atoms with van der Waals surface area (Å²) < 4.78 is 41.3. The summed E-state index contributed by atoms with van der Waals surface area (Å²) in [5, 5.41) is 0.761. The van der Waals surface area contributed by atoms with Gasteiger partial charge in [-0.3, -0.25) is 4.98 Å². The Morgan fingerprint density at radius 2 is 1.88 bits per heavy atom. The van der Waals surface area contributed by atoms with Gasteiger partial charge in [0, 0.05) is 6.20 Å². The van der Waals surface area contributed by atoms with E-state index in [1.807, 2.05) is 0 Å². The highest BCUT2D eigenvalue weighted by atomic mass is 19.4. The molecule has 1 aromatic carbocycles. The number of benzene rings is 1. The van der Waals surface area contributed by atoms with Crippen LogP contribution in [0.3, 0.4) is 0 Å². The van der Waals surface area contributed by atoms with Crippen molar-refractivity contribution in [2.45, 2.75) is 12.8 Å². The maximum Gasteiger partial charge on any atom is 0.493 e. The highest BCUT2D eigenvalue weighted by molar-refractivity contribution is 6.02. The quantitative estimate of drug-likeness (QED) is 0.685. The third-order valence-corrected chi connectivity index (χ3v) is 3.92. The molecule has 3 aromatic rings. The number of pyridine rings is 1. The predicted molar refractivity (Wildman–Crippen MR) is 82.6 cm³/mol. The van der Waals surface area contributed by atoms with Gasteiger partial charge >= 0.3 is 18.0 Å². The van der Waals surface area contributed by atoms with Crippen molar-refractivity contribution in [3.05, 3.63) is 58.8 Å². The van der Waals surface area contributed by atoms with Gasteiger partial charge in [0.2, 0.25) is 0 Å². The number of anilines is 1. The van der Waals surface area contributed by atoms with Gasteiger partial charge in [-0.1, -0.05) is 18.2 Å². The number of nitrogens with one attached hydrogen (secondary N) is 1. The number of aromatic nitrogens is 3. The van der Waals surface area contributed by atoms with Gasteiger partial charge in [0.25, 0.3) is 0 Å². The number of carbonyl (C=O) groups excluding carboxylic acids is 1. The lowest BCUT2D eigenvalue weighted by molar-refractivity contribution is -0.121. The molecule has 1 aliphatic heterocycles. The Morgan fingerprint density at radius 3 is 2.64 bits per heavy atom. The van der Waals surface area contributed by atoms with E-state index in [0.717, 1.165) is 9.69 Å². The monoisotopic (exact) mass is 349 g/mol. The number of H-pyrrole nitrogens is 1. The van der Waals surface area contributed by atoms with Gasteiger partial charge in [-0.2, -0.15) is 4.68 Å². The van der Waals surface area contributed by atoms with Gasteiger partial charge in [-0.15, -0.1) is 13.2 Å². The molecule has 3 heterocycles. The van der Waals surface area contributed by atoms with Gasteiger partial charge in [0.15, 0.2) is 0 Å². The van der Waals surface area contributed by atoms with Crippen molar-refractivity contribution in [3.63, 3.8) is 0 Å². The number of carbonyl (C=O) groups is 1. The van der Waals surface area contributed by atoms with Gasteiger partial charge in [-0.05, 0) is 17.7 Å². The molecule has 0 bridgehead atoms. The molecule has 0 saturated carbocycles. The van der Waals surface area contributed by atoms with Gasteiger partial charge in [-0.25, -0.2) is 19.5 Å². The number of urea groups is 1. The molecule has 0 fully saturated rings. The number of para-hydroxylation sites is 1. The van der Waals surface area contributed by atoms with E-state index in [1.165, 1.54) is 36.7 Å². The molecule has 128 valence electrons. The van der Waals surface area contributed by atoms with E-state index in [1.54, 1.807) is 6.07 Å². The van der Waals surface area contributed by atoms with E-state index in [2.05, 4.69) is 9.97 Å². The summed E-state index contributed by atoms with van der Waals surface area (Å²) >= 11 is 0. The molecule has 1 N–H and O–H groups in total. The Balaban J connectivity index is 1.93. The summed E-state index contributed by atoms with van der Waals surface area (Å²) in [6.45, 7) is -0.170. The van der Waals surface area contributed by atoms with Crippen molar-refractivity contribution in [1.82, 2.24) is 14.6 Å². The molecule has 0 spiro atoms. The maximum atomic E-state index is 13.5. The van der Waals surface area contributed by atoms with Crippen LogP contribution in [0, 0.1) is 0 Å². The molecule has 0 radical (unpaired) electrons. The van der Waals surface area contributed by atoms with Crippen molar-refractivity contribution < 1.29 is 18.0 Å². The summed E-state index contributed by atoms with van der Waals surface area (Å²) in [4.78, 5) is 30.9. The second kappa shape index (κ2) is 5.10. The van der Waals surface area contributed by atoms with E-state index < -0.39 is 18.0 Å². The molecule has 0 atom stereocenters. The molecule has 10 heteroatoms. The SMILES string of the molecule is O=C1N(n2c(=O)[nH]c3cnccc32)Cc2ccccc2N1C(F)(F)F. The second-order valence-electron chi connectivity index (χ2n) is 5.41. The summed E-state index contributed by atoms with van der Waals surface area (Å²) in [5.41, 5.74) is -0.119. The van der Waals surface area contributed by atoms with E-state index >= 15 is 0 Å². The van der Waals surface area contributed by atoms with Crippen LogP contribution in [0.25, 0.3) is 11.0 Å². The number of fused-ring (bicyclic) bond motifs is 2. The number of aromatic amines is 1. The molecule has 7 nitrogen and oxygen atoms in total. The first-order valence-corrected chi connectivity index (χ1v) is 7.19. The number of nitrogens with zero attached hydrogens (tertiary/aromatic N) is 4. The van der Waals surface area contributed by atoms with Crippen LogP contribution in [-0.2, 0) is 6.54 Å². The minimum Gasteiger partial charge on any atom is -0.303 e. The van der Waals surface area contributed by atoms with E-state index in [-0.39, 0.29) is 28.2 Å². The molecule has 2 amide bonds. The highest BCUT2D eigenvalue weighted by Gasteiger charge is 2.48. The Hall–Kier alpha value is -3.30. The van der Waals surface area contributed by atoms with Crippen LogP contribution in [0.15, 0.2) is 47.5 Å². The zero-order valence-electron chi connectivity index (χ0n) is 12.5. The largest absolute Gasteiger partial charge is 0.493 e. The lowest BCUT2D eigenvalue weighted by Crippen LogP contribution is -2.58. The minimum atomic E-state index is -4.93. The smallest absolute Gasteiger partial charge is 0.303 e. The van der Waals surface area contributed by atoms with Crippen molar-refractivity contribution in [2.24, 2.45) is 0 Å². The first-order valence-electron chi connectivity index (χ1n) is 7.19. The van der Waals surface area contributed by atoms with Crippen LogP contribution < -0.4 is 15.6 Å². The van der Waals surface area contributed by atoms with Gasteiger partial charge < -0.3 is 4.98 Å². The molecule has 2 aromatic heterocycles. The zero-order chi connectivity index (χ0) is 17.8. The average molecular weight is 349 g/mol. The summed E-state index contributed by atoms with van der Waals surface area (Å²) in [6, 6.07) is 5.78. The van der Waals surface area contributed by atoms with E-state index in [9.17, 15) is 22.8 Å². The maximum absolute atomic E-state index is 13.5. The lowest BCUT2D eigenvalue weighted by atomic mass is 10.1. The second-order valence-corrected chi connectivity index (χ2v) is 5.41. The number of alkyl halides is 3. The van der Waals surface area contributed by atoms with Crippen LogP contribution in [0.2, 0.25) is 0 Å². The van der Waals surface area contributed by atoms with Crippen molar-refractivity contribution in [2.75, 3.05) is 9.91 Å². The summed E-state index contributed by atoms with van der Waals surface area (Å²) in [6.07, 6.45) is -2.18. The van der Waals surface area contributed by atoms with Crippen LogP contribution in [0.5, 0.6) is 0 Å². The van der Waals surface area contributed by atoms with Crippen LogP contribution in [-0.4, -0.2) is 27.0 Å². The molecule has 0 aliphatic carbocycles. The normalized spacial score (nSPS) is 14.9. The standard InChI is InChI=1S/C15H10F3N5O2/c16-15(17,18)22-11-4-2-1-3-9(11)8-21(14(22)25)23-12-5-6-19-7-10(12)20-13(23)24/h1-7H,8H2,(H,20,24). The third kappa shape index (κ3) is 2.25. The first-order chi connectivity index (χ1) is 11.9. The lowest BCUT2D eigenvalue weighted by Gasteiger charge is -2.37. The zero-order valence-corrected chi connectivity index (χ0v) is 12.5. The molecule has 25 heavy (non-hydrogen) atoms. The van der Waals surface area contributed by atoms with Gasteiger partial charge in [0.1, 0.15) is 0 Å². The minimum absolute atomic E-state index is 0.170. The number of imidazole rings is 1. The first kappa shape index (κ1) is 15.2. The molecular weight excluding hydrogens is 339 g/mol. The van der Waals surface area contributed by atoms with E-state index in [0.29, 0.717) is 5.52 Å². The van der Waals surface area contributed by atoms with Crippen molar-refractivity contribution in [1.29, 1.82) is 0 Å². The predicted octanol–water partition coefficient (Wildman–Crippen LogP) is 2.32. The van der Waals surface area contributed by atoms with Crippen molar-refractivity contribution >= 4 is 22.8 Å². The topological polar surface area (TPSA) is 74.2 Å². The number of hydrogen-bond donors (Lipinski definition) is 1. The average Bonchev–Trinajstić information content (AvgIpc) is 2.88. The molecule has 0 saturated heterocycles. The Bertz CT molecular complexity index is 1040. The summed E-state index contributed by atoms with van der Waals surface area (Å²) in [5.74, 6) is 0. The highest BCUT2D eigenvalue weighted by Crippen LogP contribution is 2.36. The van der Waals surface area contributed by atoms with Gasteiger partial charge in [0.05, 0.1) is 29.5 Å².